The quantitative estimate of drug-likeness (QED) is 0.106. The van der Waals surface area contributed by atoms with Crippen LogP contribution in [0.3, 0.4) is 0 Å². The summed E-state index contributed by atoms with van der Waals surface area (Å²) in [4.78, 5) is 24.3. The van der Waals surface area contributed by atoms with Crippen molar-refractivity contribution < 1.29 is 28.5 Å². The zero-order valence-corrected chi connectivity index (χ0v) is 30.9. The number of unbranched alkanes of at least 4 members (excludes halogenated alkanes) is 2. The summed E-state index contributed by atoms with van der Waals surface area (Å²) in [5, 5.41) is 4.68. The van der Waals surface area contributed by atoms with Gasteiger partial charge in [-0.3, -0.25) is 10.6 Å². The Labute approximate surface area is 335 Å². The molecule has 0 radical (unpaired) electrons. The van der Waals surface area contributed by atoms with Crippen molar-refractivity contribution in [3.8, 4) is 0 Å². The Bertz CT molecular complexity index is 2920. The number of rotatable bonds is 14. The first-order chi connectivity index (χ1) is 28.6. The van der Waals surface area contributed by atoms with Gasteiger partial charge in [-0.2, -0.15) is 0 Å². The van der Waals surface area contributed by atoms with Crippen molar-refractivity contribution in [1.82, 2.24) is 10.6 Å². The maximum atomic E-state index is 12.2. The van der Waals surface area contributed by atoms with E-state index in [2.05, 4.69) is 225 Å². The third-order valence-electron chi connectivity index (χ3n) is 4.68. The number of nitrogens with one attached hydrogen (secondary N) is 2. The smallest absolute Gasteiger partial charge is 0.413 e. The van der Waals surface area contributed by atoms with Crippen LogP contribution < -0.4 is 10.6 Å². The molecule has 0 bridgehead atoms. The lowest BCUT2D eigenvalue weighted by Gasteiger charge is -2.10. The first-order valence-corrected chi connectivity index (χ1v) is 16.1. The van der Waals surface area contributed by atoms with Gasteiger partial charge in [-0.05, 0) is 130 Å². The normalized spacial score (nSPS) is 6.21. The highest BCUT2D eigenvalue weighted by Gasteiger charge is 2.10. The molecule has 0 saturated heterocycles. The molecule has 272 valence electrons. The highest BCUT2D eigenvalue weighted by Crippen LogP contribution is 1.95. The highest BCUT2D eigenvalue weighted by atomic mass is 16.6. The van der Waals surface area contributed by atoms with Crippen molar-refractivity contribution in [1.29, 1.82) is 0 Å². The summed E-state index contributed by atoms with van der Waals surface area (Å²) >= 11 is 0. The van der Waals surface area contributed by atoms with E-state index in [1.807, 2.05) is 0 Å². The Morgan fingerprint density at radius 1 is 0.379 bits per heavy atom. The zero-order chi connectivity index (χ0) is 42.1. The third kappa shape index (κ3) is 38.7. The maximum Gasteiger partial charge on any atom is 0.413 e. The predicted molar refractivity (Wildman–Crippen MR) is 208 cm³/mol. The molecule has 0 spiro atoms. The molecule has 0 rings (SSSR count). The number of carbonyl (C=O) groups excluding carboxylic acids is 2. The molecule has 0 aromatic carbocycles. The molecule has 0 heterocycles. The second-order valence-corrected chi connectivity index (χ2v) is 8.69. The van der Waals surface area contributed by atoms with Gasteiger partial charge in [-0.15, -0.1) is 0 Å². The van der Waals surface area contributed by atoms with Crippen LogP contribution in [-0.2, 0) is 18.9 Å². The fourth-order valence-corrected chi connectivity index (χ4v) is 2.52. The van der Waals surface area contributed by atoms with E-state index in [-0.39, 0.29) is 19.0 Å². The van der Waals surface area contributed by atoms with Crippen LogP contribution in [0.1, 0.15) is 25.7 Å². The van der Waals surface area contributed by atoms with Crippen molar-refractivity contribution in [3.05, 3.63) is 233 Å². The molecule has 0 aliphatic heterocycles. The highest BCUT2D eigenvalue weighted by molar-refractivity contribution is 5.73. The summed E-state index contributed by atoms with van der Waals surface area (Å²) in [6.45, 7) is 11.3. The standard InChI is InChI=1S/C50H26N2O6/c1-4-7-8-9-10-11-12-13-14-15-16-17-18-19-20-21-22-23-24-25-26-27-28-29-30-31-32-33-34-35-36-37-38-43-48(51-49(53)57-46-41-39-44-55-5-2)52-50(54)58-47-42-40-45-56-6-3/h5-6H,1-3,39-42,44-47H2,(H,51,53)(H,52,54). The average molecular weight is 751 g/mol. The van der Waals surface area contributed by atoms with Crippen molar-refractivity contribution in [2.45, 2.75) is 25.7 Å². The van der Waals surface area contributed by atoms with Crippen molar-refractivity contribution >= 4 is 12.2 Å². The fourth-order valence-electron chi connectivity index (χ4n) is 2.52. The minimum absolute atomic E-state index is 0.118. The van der Waals surface area contributed by atoms with Gasteiger partial charge in [-0.25, -0.2) is 9.59 Å². The van der Waals surface area contributed by atoms with E-state index in [4.69, 9.17) is 18.9 Å². The monoisotopic (exact) mass is 750 g/mol. The second kappa shape index (κ2) is 41.3. The molecule has 58 heavy (non-hydrogen) atoms. The van der Waals surface area contributed by atoms with Gasteiger partial charge < -0.3 is 18.9 Å². The molecule has 8 nitrogen and oxygen atoms in total. The summed E-state index contributed by atoms with van der Waals surface area (Å²) < 4.78 is 20.2. The Kier molecular flexibility index (Phi) is 34.1. The number of carbonyl (C=O) groups is 2. The molecule has 2 amide bonds. The summed E-state index contributed by atoms with van der Waals surface area (Å²) in [5.74, 6) is -0.200. The summed E-state index contributed by atoms with van der Waals surface area (Å²) in [5.41, 5.74) is 84.3. The lowest BCUT2D eigenvalue weighted by Crippen LogP contribution is -2.35. The summed E-state index contributed by atoms with van der Waals surface area (Å²) in [6.07, 6.45) is 3.40. The van der Waals surface area contributed by atoms with Gasteiger partial charge in [0, 0.05) is 91.7 Å². The Hall–Kier alpha value is -10.1. The molecule has 0 saturated carbocycles. The van der Waals surface area contributed by atoms with Crippen LogP contribution in [-0.4, -0.2) is 38.6 Å². The minimum Gasteiger partial charge on any atom is -0.502 e. The Morgan fingerprint density at radius 2 is 0.621 bits per heavy atom. The molecule has 0 atom stereocenters. The van der Waals surface area contributed by atoms with Crippen LogP contribution >= 0.6 is 0 Å². The first-order valence-electron chi connectivity index (χ1n) is 16.1. The largest absolute Gasteiger partial charge is 0.502 e. The number of hydrogen-bond donors (Lipinski definition) is 2. The maximum absolute atomic E-state index is 12.2. The second-order valence-electron chi connectivity index (χ2n) is 8.69. The molecule has 0 aromatic heterocycles. The van der Waals surface area contributed by atoms with Crippen molar-refractivity contribution in [2.75, 3.05) is 26.4 Å². The Balaban J connectivity index is 6.10. The van der Waals surface area contributed by atoms with Crippen LogP contribution in [0.4, 0.5) is 9.59 Å². The van der Waals surface area contributed by atoms with Crippen LogP contribution in [0.15, 0.2) is 233 Å². The number of hydrogen-bond acceptors (Lipinski definition) is 6. The summed E-state index contributed by atoms with van der Waals surface area (Å²) in [7, 11) is 0. The molecule has 0 aromatic rings. The predicted octanol–water partition coefficient (Wildman–Crippen LogP) is 8.06. The van der Waals surface area contributed by atoms with Gasteiger partial charge in [0.2, 0.25) is 0 Å². The van der Waals surface area contributed by atoms with Gasteiger partial charge in [0.05, 0.1) is 39.0 Å². The SMILES string of the molecule is C=C=C=C=C=C=C=C=C=C=C=C=C=C=C=C=C=C=C=C=C=C=C=C=C=C=C=C=C=C=C=C=C=C=C=C(NC(=O)OCCCCOC=C)NC(=O)OCCCCOC=C. The summed E-state index contributed by atoms with van der Waals surface area (Å²) in [6, 6.07) is 0. The molecule has 8 heteroatoms. The van der Waals surface area contributed by atoms with Crippen LogP contribution in [0.25, 0.3) is 0 Å². The van der Waals surface area contributed by atoms with Gasteiger partial charge in [-0.1, -0.05) is 18.9 Å². The Morgan fingerprint density at radius 3 is 0.879 bits per heavy atom. The molecule has 0 aliphatic carbocycles. The average Bonchev–Trinajstić information content (AvgIpc) is 3.22. The van der Waals surface area contributed by atoms with Crippen LogP contribution in [0, 0.1) is 0 Å². The van der Waals surface area contributed by atoms with Gasteiger partial charge in [0.15, 0.2) is 5.82 Å². The molecule has 0 aliphatic rings. The van der Waals surface area contributed by atoms with E-state index in [9.17, 15) is 9.59 Å². The van der Waals surface area contributed by atoms with Gasteiger partial charge >= 0.3 is 12.2 Å². The fraction of sp³-hybridized carbons (Fsp3) is 0.160. The van der Waals surface area contributed by atoms with Gasteiger partial charge in [0.1, 0.15) is 0 Å². The zero-order valence-electron chi connectivity index (χ0n) is 30.9. The molecular weight excluding hydrogens is 725 g/mol. The van der Waals surface area contributed by atoms with E-state index in [0.29, 0.717) is 38.9 Å². The lowest BCUT2D eigenvalue weighted by molar-refractivity contribution is 0.136. The number of ether oxygens (including phenoxy) is 4. The molecular formula is C50H26N2O6. The minimum atomic E-state index is -0.834. The van der Waals surface area contributed by atoms with E-state index in [0.717, 1.165) is 0 Å². The lowest BCUT2D eigenvalue weighted by atomic mass is 10.3. The van der Waals surface area contributed by atoms with Crippen molar-refractivity contribution in [2.24, 2.45) is 0 Å². The van der Waals surface area contributed by atoms with E-state index >= 15 is 0 Å². The molecule has 2 N–H and O–H groups in total. The number of alkyl carbamates (subject to hydrolysis) is 2. The van der Waals surface area contributed by atoms with E-state index in [1.165, 1.54) is 12.5 Å². The van der Waals surface area contributed by atoms with E-state index in [1.54, 1.807) is 0 Å². The van der Waals surface area contributed by atoms with Gasteiger partial charge in [0.25, 0.3) is 0 Å². The first kappa shape index (κ1) is 47.9. The number of amides is 2. The van der Waals surface area contributed by atoms with Crippen LogP contribution in [0.2, 0.25) is 0 Å². The third-order valence-corrected chi connectivity index (χ3v) is 4.68. The molecule has 0 fully saturated rings. The molecule has 0 unspecified atom stereocenters. The van der Waals surface area contributed by atoms with E-state index < -0.39 is 12.2 Å². The van der Waals surface area contributed by atoms with Crippen LogP contribution in [0.5, 0.6) is 0 Å². The van der Waals surface area contributed by atoms with Crippen molar-refractivity contribution in [3.63, 3.8) is 0 Å². The topological polar surface area (TPSA) is 95.1 Å².